The van der Waals surface area contributed by atoms with Crippen LogP contribution >= 0.6 is 0 Å². The lowest BCUT2D eigenvalue weighted by Gasteiger charge is -2.55. The van der Waals surface area contributed by atoms with Crippen LogP contribution in [0.5, 0.6) is 0 Å². The molecule has 4 nitrogen and oxygen atoms in total. The Bertz CT molecular complexity index is 645. The zero-order chi connectivity index (χ0) is 18.1. The van der Waals surface area contributed by atoms with Crippen molar-refractivity contribution < 1.29 is 9.59 Å². The average Bonchev–Trinajstić information content (AvgIpc) is 2.61. The molecule has 4 fully saturated rings. The Kier molecular flexibility index (Phi) is 4.76. The van der Waals surface area contributed by atoms with Crippen molar-refractivity contribution in [1.29, 1.82) is 0 Å². The minimum Gasteiger partial charge on any atom is -0.355 e. The van der Waals surface area contributed by atoms with Crippen molar-refractivity contribution in [1.82, 2.24) is 5.32 Å². The third-order valence-corrected chi connectivity index (χ3v) is 6.80. The van der Waals surface area contributed by atoms with Crippen LogP contribution in [0.4, 0.5) is 5.69 Å². The van der Waals surface area contributed by atoms with Gasteiger partial charge in [0.05, 0.1) is 0 Å². The lowest BCUT2D eigenvalue weighted by atomic mass is 9.49. The Hall–Kier alpha value is -1.84. The molecule has 0 saturated heterocycles. The first-order valence-corrected chi connectivity index (χ1v) is 10.2. The third-order valence-electron chi connectivity index (χ3n) is 6.80. The molecule has 1 aromatic carbocycles. The highest BCUT2D eigenvalue weighted by Gasteiger charge is 2.54. The van der Waals surface area contributed by atoms with Crippen LogP contribution in [-0.4, -0.2) is 18.4 Å². The summed E-state index contributed by atoms with van der Waals surface area (Å²) in [7, 11) is 0. The average molecular weight is 354 g/mol. The number of aryl methyl sites for hydroxylation is 1. The minimum atomic E-state index is -0.124. The van der Waals surface area contributed by atoms with E-state index in [1.165, 1.54) is 24.8 Å². The Labute approximate surface area is 156 Å². The lowest BCUT2D eigenvalue weighted by molar-refractivity contribution is -0.146. The number of nitrogens with one attached hydrogen (secondary N) is 2. The second-order valence-electron chi connectivity index (χ2n) is 8.80. The molecule has 4 bridgehead atoms. The van der Waals surface area contributed by atoms with E-state index in [0.717, 1.165) is 49.1 Å². The van der Waals surface area contributed by atoms with E-state index in [1.807, 2.05) is 24.3 Å². The van der Waals surface area contributed by atoms with E-state index in [2.05, 4.69) is 17.6 Å². The SMILES string of the molecule is CCc1ccc(NC(=O)CCNC(=O)C23CC4CC(CC(C4)C2)C3)cc1. The van der Waals surface area contributed by atoms with Crippen LogP contribution in [0.25, 0.3) is 0 Å². The van der Waals surface area contributed by atoms with Crippen molar-refractivity contribution in [3.63, 3.8) is 0 Å². The maximum absolute atomic E-state index is 12.9. The Morgan fingerprint density at radius 2 is 1.58 bits per heavy atom. The molecule has 0 heterocycles. The normalized spacial score (nSPS) is 31.7. The summed E-state index contributed by atoms with van der Waals surface area (Å²) in [5, 5.41) is 5.99. The van der Waals surface area contributed by atoms with Crippen molar-refractivity contribution in [2.75, 3.05) is 11.9 Å². The van der Waals surface area contributed by atoms with Crippen LogP contribution in [0.15, 0.2) is 24.3 Å². The number of carbonyl (C=O) groups is 2. The second kappa shape index (κ2) is 7.05. The summed E-state index contributed by atoms with van der Waals surface area (Å²) in [6.07, 6.45) is 8.55. The number of rotatable bonds is 6. The molecule has 5 rings (SSSR count). The van der Waals surface area contributed by atoms with Crippen molar-refractivity contribution >= 4 is 17.5 Å². The van der Waals surface area contributed by atoms with Crippen molar-refractivity contribution in [2.24, 2.45) is 23.2 Å². The maximum atomic E-state index is 12.9. The predicted octanol–water partition coefficient (Wildman–Crippen LogP) is 3.91. The summed E-state index contributed by atoms with van der Waals surface area (Å²) in [6.45, 7) is 2.54. The summed E-state index contributed by atoms with van der Waals surface area (Å²) < 4.78 is 0. The summed E-state index contributed by atoms with van der Waals surface area (Å²) >= 11 is 0. The first-order valence-electron chi connectivity index (χ1n) is 10.2. The van der Waals surface area contributed by atoms with Gasteiger partial charge >= 0.3 is 0 Å². The molecule has 0 aromatic heterocycles. The number of hydrogen-bond donors (Lipinski definition) is 2. The highest BCUT2D eigenvalue weighted by molar-refractivity contribution is 5.91. The molecular weight excluding hydrogens is 324 g/mol. The van der Waals surface area contributed by atoms with Crippen molar-refractivity contribution in [3.05, 3.63) is 29.8 Å². The first-order chi connectivity index (χ1) is 12.6. The van der Waals surface area contributed by atoms with Gasteiger partial charge in [0.2, 0.25) is 11.8 Å². The van der Waals surface area contributed by atoms with Gasteiger partial charge in [0, 0.05) is 24.1 Å². The van der Waals surface area contributed by atoms with Gasteiger partial charge < -0.3 is 10.6 Å². The summed E-state index contributed by atoms with van der Waals surface area (Å²) in [6, 6.07) is 7.93. The van der Waals surface area contributed by atoms with Crippen LogP contribution in [0, 0.1) is 23.2 Å². The van der Waals surface area contributed by atoms with E-state index < -0.39 is 0 Å². The van der Waals surface area contributed by atoms with Crippen molar-refractivity contribution in [2.45, 2.75) is 58.3 Å². The zero-order valence-corrected chi connectivity index (χ0v) is 15.7. The molecule has 26 heavy (non-hydrogen) atoms. The molecule has 4 heteroatoms. The third kappa shape index (κ3) is 3.51. The van der Waals surface area contributed by atoms with E-state index in [-0.39, 0.29) is 17.2 Å². The Morgan fingerprint density at radius 3 is 2.12 bits per heavy atom. The smallest absolute Gasteiger partial charge is 0.226 e. The lowest BCUT2D eigenvalue weighted by Crippen LogP contribution is -2.53. The molecule has 0 atom stereocenters. The predicted molar refractivity (Wildman–Crippen MR) is 103 cm³/mol. The standard InChI is InChI=1S/C22H30N2O2/c1-2-15-3-5-19(6-4-15)24-20(25)7-8-23-21(26)22-12-16-9-17(13-22)11-18(10-16)14-22/h3-6,16-18H,2,7-14H2,1H3,(H,23,26)(H,24,25). The molecule has 1 aromatic rings. The van der Waals surface area contributed by atoms with Gasteiger partial charge in [0.25, 0.3) is 0 Å². The molecule has 0 spiro atoms. The summed E-state index contributed by atoms with van der Waals surface area (Å²) in [5.74, 6) is 2.46. The number of hydrogen-bond acceptors (Lipinski definition) is 2. The maximum Gasteiger partial charge on any atom is 0.226 e. The molecule has 4 aliphatic carbocycles. The van der Waals surface area contributed by atoms with Gasteiger partial charge in [-0.05, 0) is 80.4 Å². The largest absolute Gasteiger partial charge is 0.355 e. The minimum absolute atomic E-state index is 0.0416. The van der Waals surface area contributed by atoms with Gasteiger partial charge in [-0.3, -0.25) is 9.59 Å². The molecule has 140 valence electrons. The number of amides is 2. The molecule has 2 N–H and O–H groups in total. The van der Waals surface area contributed by atoms with Crippen LogP contribution < -0.4 is 10.6 Å². The van der Waals surface area contributed by atoms with E-state index in [0.29, 0.717) is 13.0 Å². The monoisotopic (exact) mass is 354 g/mol. The van der Waals surface area contributed by atoms with E-state index >= 15 is 0 Å². The highest BCUT2D eigenvalue weighted by atomic mass is 16.2. The molecule has 0 radical (unpaired) electrons. The highest BCUT2D eigenvalue weighted by Crippen LogP contribution is 2.60. The fourth-order valence-electron chi connectivity index (χ4n) is 5.91. The number of anilines is 1. The topological polar surface area (TPSA) is 58.2 Å². The molecule has 2 amide bonds. The van der Waals surface area contributed by atoms with Crippen LogP contribution in [0.1, 0.15) is 57.4 Å². The quantitative estimate of drug-likeness (QED) is 0.814. The van der Waals surface area contributed by atoms with Gasteiger partial charge in [-0.2, -0.15) is 0 Å². The zero-order valence-electron chi connectivity index (χ0n) is 15.7. The van der Waals surface area contributed by atoms with E-state index in [1.54, 1.807) is 0 Å². The Morgan fingerprint density at radius 1 is 1.00 bits per heavy atom. The van der Waals surface area contributed by atoms with Crippen LogP contribution in [0.3, 0.4) is 0 Å². The van der Waals surface area contributed by atoms with E-state index in [4.69, 9.17) is 0 Å². The molecular formula is C22H30N2O2. The number of carbonyl (C=O) groups excluding carboxylic acids is 2. The summed E-state index contributed by atoms with van der Waals surface area (Å²) in [4.78, 5) is 25.0. The molecule has 0 unspecified atom stereocenters. The Balaban J connectivity index is 1.25. The molecule has 4 saturated carbocycles. The van der Waals surface area contributed by atoms with Gasteiger partial charge in [-0.25, -0.2) is 0 Å². The fraction of sp³-hybridized carbons (Fsp3) is 0.636. The second-order valence-corrected chi connectivity index (χ2v) is 8.80. The van der Waals surface area contributed by atoms with E-state index in [9.17, 15) is 9.59 Å². The van der Waals surface area contributed by atoms with Crippen LogP contribution in [-0.2, 0) is 16.0 Å². The van der Waals surface area contributed by atoms with Crippen molar-refractivity contribution in [3.8, 4) is 0 Å². The van der Waals surface area contributed by atoms with Gasteiger partial charge in [0.15, 0.2) is 0 Å². The van der Waals surface area contributed by atoms with Gasteiger partial charge in [-0.1, -0.05) is 19.1 Å². The first kappa shape index (κ1) is 17.6. The van der Waals surface area contributed by atoms with Crippen LogP contribution in [0.2, 0.25) is 0 Å². The van der Waals surface area contributed by atoms with Gasteiger partial charge in [0.1, 0.15) is 0 Å². The fourth-order valence-corrected chi connectivity index (χ4v) is 5.91. The molecule has 0 aliphatic heterocycles. The number of benzene rings is 1. The molecule has 4 aliphatic rings. The summed E-state index contributed by atoms with van der Waals surface area (Å²) in [5.41, 5.74) is 1.95. The van der Waals surface area contributed by atoms with Gasteiger partial charge in [-0.15, -0.1) is 0 Å².